The molecule has 1 fully saturated rings. The second-order valence-corrected chi connectivity index (χ2v) is 7.00. The number of aromatic nitrogens is 1. The number of nitrogens with one attached hydrogen (secondary N) is 1. The van der Waals surface area contributed by atoms with Crippen LogP contribution in [0.25, 0.3) is 0 Å². The zero-order chi connectivity index (χ0) is 13.0. The lowest BCUT2D eigenvalue weighted by molar-refractivity contribution is 0.0440. The van der Waals surface area contributed by atoms with E-state index in [0.29, 0.717) is 12.7 Å². The van der Waals surface area contributed by atoms with Gasteiger partial charge in [0, 0.05) is 17.5 Å². The minimum Gasteiger partial charge on any atom is -0.372 e. The second kappa shape index (κ2) is 6.13. The van der Waals surface area contributed by atoms with Gasteiger partial charge in [0.25, 0.3) is 0 Å². The summed E-state index contributed by atoms with van der Waals surface area (Å²) in [5.41, 5.74) is 1.23. The maximum Gasteiger partial charge on any atom is 0.107 e. The molecule has 1 aliphatic rings. The fourth-order valence-electron chi connectivity index (χ4n) is 2.10. The summed E-state index contributed by atoms with van der Waals surface area (Å²) in [7, 11) is 0. The van der Waals surface area contributed by atoms with Crippen molar-refractivity contribution in [3.63, 3.8) is 0 Å². The molecule has 0 aliphatic heterocycles. The Hall–Kier alpha value is -0.450. The van der Waals surface area contributed by atoms with Crippen LogP contribution in [0.2, 0.25) is 0 Å². The van der Waals surface area contributed by atoms with Crippen LogP contribution < -0.4 is 5.32 Å². The van der Waals surface area contributed by atoms with Crippen molar-refractivity contribution in [1.82, 2.24) is 10.3 Å². The maximum atomic E-state index is 5.87. The minimum atomic E-state index is 0.145. The van der Waals surface area contributed by atoms with Crippen LogP contribution >= 0.6 is 11.3 Å². The van der Waals surface area contributed by atoms with Gasteiger partial charge >= 0.3 is 0 Å². The third-order valence-corrected chi connectivity index (χ3v) is 4.04. The number of hydrogen-bond donors (Lipinski definition) is 1. The SMILES string of the molecule is CC(C)(C)NCc1nc(COC2CCCC2)cs1. The Morgan fingerprint density at radius 2 is 2.11 bits per heavy atom. The normalized spacial score (nSPS) is 17.5. The molecule has 0 amide bonds. The highest BCUT2D eigenvalue weighted by Crippen LogP contribution is 2.22. The van der Waals surface area contributed by atoms with E-state index in [9.17, 15) is 0 Å². The highest BCUT2D eigenvalue weighted by atomic mass is 32.1. The minimum absolute atomic E-state index is 0.145. The summed E-state index contributed by atoms with van der Waals surface area (Å²) in [5, 5.41) is 6.72. The average molecular weight is 268 g/mol. The van der Waals surface area contributed by atoms with Crippen molar-refractivity contribution in [3.8, 4) is 0 Å². The van der Waals surface area contributed by atoms with Crippen LogP contribution in [0, 0.1) is 0 Å². The molecule has 18 heavy (non-hydrogen) atoms. The third kappa shape index (κ3) is 4.67. The lowest BCUT2D eigenvalue weighted by atomic mass is 10.1. The first kappa shape index (κ1) is 14.0. The van der Waals surface area contributed by atoms with Crippen molar-refractivity contribution in [2.45, 2.75) is 71.2 Å². The zero-order valence-corrected chi connectivity index (χ0v) is 12.5. The van der Waals surface area contributed by atoms with Gasteiger partial charge in [0.15, 0.2) is 0 Å². The van der Waals surface area contributed by atoms with E-state index in [1.165, 1.54) is 25.7 Å². The summed E-state index contributed by atoms with van der Waals surface area (Å²) < 4.78 is 5.87. The number of ether oxygens (including phenoxy) is 1. The maximum absolute atomic E-state index is 5.87. The molecule has 0 bridgehead atoms. The van der Waals surface area contributed by atoms with Gasteiger partial charge in [-0.2, -0.15) is 0 Å². The molecule has 1 N–H and O–H groups in total. The quantitative estimate of drug-likeness (QED) is 0.887. The summed E-state index contributed by atoms with van der Waals surface area (Å²) >= 11 is 1.72. The molecular formula is C14H24N2OS. The average Bonchev–Trinajstić information content (AvgIpc) is 2.94. The van der Waals surface area contributed by atoms with Crippen LogP contribution in [0.15, 0.2) is 5.38 Å². The lowest BCUT2D eigenvalue weighted by Gasteiger charge is -2.19. The summed E-state index contributed by atoms with van der Waals surface area (Å²) in [4.78, 5) is 4.61. The van der Waals surface area contributed by atoms with Gasteiger partial charge in [-0.1, -0.05) is 12.8 Å². The van der Waals surface area contributed by atoms with E-state index in [-0.39, 0.29) is 5.54 Å². The fraction of sp³-hybridized carbons (Fsp3) is 0.786. The van der Waals surface area contributed by atoms with Gasteiger partial charge in [0.05, 0.1) is 18.4 Å². The van der Waals surface area contributed by atoms with E-state index in [1.54, 1.807) is 11.3 Å². The molecule has 1 heterocycles. The van der Waals surface area contributed by atoms with Crippen LogP contribution in [-0.2, 0) is 17.9 Å². The van der Waals surface area contributed by atoms with Crippen LogP contribution in [0.4, 0.5) is 0 Å². The third-order valence-electron chi connectivity index (χ3n) is 3.14. The van der Waals surface area contributed by atoms with E-state index in [1.807, 2.05) is 0 Å². The standard InChI is InChI=1S/C14H24N2OS/c1-14(2,3)15-8-13-16-11(10-18-13)9-17-12-6-4-5-7-12/h10,12,15H,4-9H2,1-3H3. The largest absolute Gasteiger partial charge is 0.372 e. The highest BCUT2D eigenvalue weighted by molar-refractivity contribution is 7.09. The molecule has 0 unspecified atom stereocenters. The Morgan fingerprint density at radius 3 is 2.78 bits per heavy atom. The van der Waals surface area contributed by atoms with Gasteiger partial charge in [-0.3, -0.25) is 0 Å². The topological polar surface area (TPSA) is 34.2 Å². The molecule has 1 aromatic heterocycles. The van der Waals surface area contributed by atoms with Crippen molar-refractivity contribution in [2.24, 2.45) is 0 Å². The van der Waals surface area contributed by atoms with Gasteiger partial charge in [0.1, 0.15) is 5.01 Å². The first-order valence-electron chi connectivity index (χ1n) is 6.83. The summed E-state index contributed by atoms with van der Waals surface area (Å²) in [5.74, 6) is 0. The molecule has 1 saturated carbocycles. The Balaban J connectivity index is 1.75. The first-order valence-corrected chi connectivity index (χ1v) is 7.71. The summed E-state index contributed by atoms with van der Waals surface area (Å²) in [6.45, 7) is 8.04. The van der Waals surface area contributed by atoms with Crippen molar-refractivity contribution >= 4 is 11.3 Å². The molecule has 4 heteroatoms. The van der Waals surface area contributed by atoms with Crippen molar-refractivity contribution < 1.29 is 4.74 Å². The van der Waals surface area contributed by atoms with Crippen molar-refractivity contribution in [1.29, 1.82) is 0 Å². The molecule has 1 aliphatic carbocycles. The molecule has 102 valence electrons. The molecule has 0 saturated heterocycles. The van der Waals surface area contributed by atoms with Crippen molar-refractivity contribution in [3.05, 3.63) is 16.1 Å². The second-order valence-electron chi connectivity index (χ2n) is 6.05. The van der Waals surface area contributed by atoms with Gasteiger partial charge in [0.2, 0.25) is 0 Å². The van der Waals surface area contributed by atoms with Gasteiger partial charge < -0.3 is 10.1 Å². The molecule has 1 aromatic rings. The van der Waals surface area contributed by atoms with E-state index < -0.39 is 0 Å². The Bertz CT molecular complexity index is 364. The van der Waals surface area contributed by atoms with E-state index in [4.69, 9.17) is 4.74 Å². The predicted octanol–water partition coefficient (Wildman–Crippen LogP) is 3.49. The zero-order valence-electron chi connectivity index (χ0n) is 11.7. The molecule has 0 aromatic carbocycles. The Morgan fingerprint density at radius 1 is 1.39 bits per heavy atom. The highest BCUT2D eigenvalue weighted by Gasteiger charge is 2.16. The van der Waals surface area contributed by atoms with Crippen LogP contribution in [0.1, 0.15) is 57.2 Å². The summed E-state index contributed by atoms with van der Waals surface area (Å²) in [6.07, 6.45) is 5.57. The molecule has 3 nitrogen and oxygen atoms in total. The number of nitrogens with zero attached hydrogens (tertiary/aromatic N) is 1. The van der Waals surface area contributed by atoms with Gasteiger partial charge in [-0.15, -0.1) is 11.3 Å². The van der Waals surface area contributed by atoms with Crippen LogP contribution in [0.5, 0.6) is 0 Å². The molecular weight excluding hydrogens is 244 g/mol. The smallest absolute Gasteiger partial charge is 0.107 e. The predicted molar refractivity (Wildman–Crippen MR) is 75.8 cm³/mol. The fourth-order valence-corrected chi connectivity index (χ4v) is 2.81. The monoisotopic (exact) mass is 268 g/mol. The van der Waals surface area contributed by atoms with Crippen molar-refractivity contribution in [2.75, 3.05) is 0 Å². The van der Waals surface area contributed by atoms with Crippen LogP contribution in [-0.4, -0.2) is 16.6 Å². The first-order chi connectivity index (χ1) is 8.53. The lowest BCUT2D eigenvalue weighted by Crippen LogP contribution is -2.35. The van der Waals surface area contributed by atoms with Crippen LogP contribution in [0.3, 0.4) is 0 Å². The molecule has 0 atom stereocenters. The van der Waals surface area contributed by atoms with Gasteiger partial charge in [-0.25, -0.2) is 4.98 Å². The molecule has 0 radical (unpaired) electrons. The number of rotatable bonds is 5. The van der Waals surface area contributed by atoms with E-state index in [2.05, 4.69) is 36.5 Å². The number of thiazole rings is 1. The van der Waals surface area contributed by atoms with E-state index >= 15 is 0 Å². The van der Waals surface area contributed by atoms with Gasteiger partial charge in [-0.05, 0) is 33.6 Å². The van der Waals surface area contributed by atoms with E-state index in [0.717, 1.165) is 17.2 Å². The molecule has 0 spiro atoms. The number of hydrogen-bond acceptors (Lipinski definition) is 4. The Kier molecular flexibility index (Phi) is 4.76. The summed E-state index contributed by atoms with van der Waals surface area (Å²) in [6, 6.07) is 0. The Labute approximate surface area is 114 Å². The molecule has 2 rings (SSSR count).